The molecule has 1 aliphatic heterocycles. The molecule has 0 bridgehead atoms. The Kier molecular flexibility index (Phi) is 3.80. The number of carbonyl (C=O) groups is 1. The fourth-order valence-corrected chi connectivity index (χ4v) is 2.32. The van der Waals surface area contributed by atoms with E-state index in [1.54, 1.807) is 17.9 Å². The SMILES string of the molecule is Cc1ccc([N+](=O)[O-])cc1C(=O)N1CCCC(N)C1. The summed E-state index contributed by atoms with van der Waals surface area (Å²) in [5.41, 5.74) is 6.93. The van der Waals surface area contributed by atoms with E-state index in [4.69, 9.17) is 5.73 Å². The van der Waals surface area contributed by atoms with Gasteiger partial charge in [0.05, 0.1) is 4.92 Å². The third kappa shape index (κ3) is 2.90. The summed E-state index contributed by atoms with van der Waals surface area (Å²) in [6.45, 7) is 2.95. The van der Waals surface area contributed by atoms with Crippen molar-refractivity contribution in [3.8, 4) is 0 Å². The van der Waals surface area contributed by atoms with Gasteiger partial charge in [-0.3, -0.25) is 14.9 Å². The molecule has 0 aliphatic carbocycles. The van der Waals surface area contributed by atoms with Gasteiger partial charge in [0, 0.05) is 36.8 Å². The molecule has 2 rings (SSSR count). The van der Waals surface area contributed by atoms with E-state index in [-0.39, 0.29) is 17.6 Å². The summed E-state index contributed by atoms with van der Waals surface area (Å²) in [5, 5.41) is 10.8. The van der Waals surface area contributed by atoms with Crippen LogP contribution in [0, 0.1) is 17.0 Å². The van der Waals surface area contributed by atoms with Gasteiger partial charge in [0.1, 0.15) is 0 Å². The Balaban J connectivity index is 2.27. The molecule has 1 aromatic rings. The molecule has 2 N–H and O–H groups in total. The number of rotatable bonds is 2. The standard InChI is InChI=1S/C13H17N3O3/c1-9-4-5-11(16(18)19)7-12(9)13(17)15-6-2-3-10(14)8-15/h4-5,7,10H,2-3,6,8,14H2,1H3. The van der Waals surface area contributed by atoms with Gasteiger partial charge in [0.15, 0.2) is 0 Å². The van der Waals surface area contributed by atoms with Crippen LogP contribution in [0.25, 0.3) is 0 Å². The Morgan fingerprint density at radius 1 is 1.53 bits per heavy atom. The number of aryl methyl sites for hydroxylation is 1. The molecule has 0 saturated carbocycles. The average Bonchev–Trinajstić information content (AvgIpc) is 2.38. The summed E-state index contributed by atoms with van der Waals surface area (Å²) in [4.78, 5) is 24.4. The highest BCUT2D eigenvalue weighted by atomic mass is 16.6. The largest absolute Gasteiger partial charge is 0.337 e. The predicted molar refractivity (Wildman–Crippen MR) is 70.9 cm³/mol. The maximum Gasteiger partial charge on any atom is 0.270 e. The van der Waals surface area contributed by atoms with Crippen LogP contribution in [-0.2, 0) is 0 Å². The minimum Gasteiger partial charge on any atom is -0.337 e. The number of likely N-dealkylation sites (tertiary alicyclic amines) is 1. The lowest BCUT2D eigenvalue weighted by molar-refractivity contribution is -0.384. The number of benzene rings is 1. The number of amides is 1. The first-order valence-corrected chi connectivity index (χ1v) is 6.29. The van der Waals surface area contributed by atoms with E-state index in [1.807, 2.05) is 0 Å². The first kappa shape index (κ1) is 13.5. The lowest BCUT2D eigenvalue weighted by Gasteiger charge is -2.31. The van der Waals surface area contributed by atoms with E-state index < -0.39 is 4.92 Å². The number of nitrogens with zero attached hydrogens (tertiary/aromatic N) is 2. The second-order valence-electron chi connectivity index (χ2n) is 4.91. The van der Waals surface area contributed by atoms with E-state index in [2.05, 4.69) is 0 Å². The van der Waals surface area contributed by atoms with Gasteiger partial charge in [-0.05, 0) is 25.3 Å². The summed E-state index contributed by atoms with van der Waals surface area (Å²) >= 11 is 0. The molecule has 1 atom stereocenters. The van der Waals surface area contributed by atoms with Gasteiger partial charge in [-0.1, -0.05) is 6.07 Å². The minimum atomic E-state index is -0.488. The molecule has 0 radical (unpaired) electrons. The summed E-state index contributed by atoms with van der Waals surface area (Å²) in [5.74, 6) is -0.170. The first-order chi connectivity index (χ1) is 8.99. The Bertz CT molecular complexity index is 516. The quantitative estimate of drug-likeness (QED) is 0.646. The number of carbonyl (C=O) groups excluding carboxylic acids is 1. The Hall–Kier alpha value is -1.95. The van der Waals surface area contributed by atoms with E-state index >= 15 is 0 Å². The van der Waals surface area contributed by atoms with Crippen molar-refractivity contribution in [3.05, 3.63) is 39.4 Å². The fourth-order valence-electron chi connectivity index (χ4n) is 2.32. The molecule has 1 aromatic carbocycles. The van der Waals surface area contributed by atoms with Crippen LogP contribution in [0.4, 0.5) is 5.69 Å². The number of nitro groups is 1. The minimum absolute atomic E-state index is 0.00305. The molecule has 1 saturated heterocycles. The molecule has 1 fully saturated rings. The number of hydrogen-bond donors (Lipinski definition) is 1. The molecule has 1 amide bonds. The fraction of sp³-hybridized carbons (Fsp3) is 0.462. The van der Waals surface area contributed by atoms with Crippen molar-refractivity contribution in [2.45, 2.75) is 25.8 Å². The van der Waals surface area contributed by atoms with Crippen LogP contribution >= 0.6 is 0 Å². The van der Waals surface area contributed by atoms with Gasteiger partial charge in [0.25, 0.3) is 11.6 Å². The predicted octanol–water partition coefficient (Wildman–Crippen LogP) is 1.47. The molecule has 19 heavy (non-hydrogen) atoms. The number of nitrogens with two attached hydrogens (primary N) is 1. The molecule has 1 aliphatic rings. The number of nitro benzene ring substituents is 1. The van der Waals surface area contributed by atoms with Crippen molar-refractivity contribution in [2.75, 3.05) is 13.1 Å². The molecule has 0 spiro atoms. The number of hydrogen-bond acceptors (Lipinski definition) is 4. The molecule has 6 heteroatoms. The second kappa shape index (κ2) is 5.36. The Labute approximate surface area is 111 Å². The molecule has 1 unspecified atom stereocenters. The lowest BCUT2D eigenvalue weighted by atomic mass is 10.0. The zero-order valence-electron chi connectivity index (χ0n) is 10.8. The highest BCUT2D eigenvalue weighted by Crippen LogP contribution is 2.20. The molecular weight excluding hydrogens is 246 g/mol. The van der Waals surface area contributed by atoms with Crippen molar-refractivity contribution < 1.29 is 9.72 Å². The summed E-state index contributed by atoms with van der Waals surface area (Å²) < 4.78 is 0. The van der Waals surface area contributed by atoms with Gasteiger partial charge in [-0.2, -0.15) is 0 Å². The van der Waals surface area contributed by atoms with Crippen LogP contribution in [-0.4, -0.2) is 34.9 Å². The van der Waals surface area contributed by atoms with Crippen LogP contribution in [0.5, 0.6) is 0 Å². The zero-order valence-corrected chi connectivity index (χ0v) is 10.8. The summed E-state index contributed by atoms with van der Waals surface area (Å²) in [6.07, 6.45) is 1.79. The normalized spacial score (nSPS) is 19.3. The first-order valence-electron chi connectivity index (χ1n) is 6.29. The molecule has 102 valence electrons. The van der Waals surface area contributed by atoms with Gasteiger partial charge >= 0.3 is 0 Å². The van der Waals surface area contributed by atoms with Crippen molar-refractivity contribution in [2.24, 2.45) is 5.73 Å². The van der Waals surface area contributed by atoms with Gasteiger partial charge in [-0.25, -0.2) is 0 Å². The molecule has 0 aromatic heterocycles. The Morgan fingerprint density at radius 3 is 2.89 bits per heavy atom. The van der Waals surface area contributed by atoms with E-state index in [9.17, 15) is 14.9 Å². The van der Waals surface area contributed by atoms with Crippen molar-refractivity contribution in [1.29, 1.82) is 0 Å². The Morgan fingerprint density at radius 2 is 2.26 bits per heavy atom. The van der Waals surface area contributed by atoms with Crippen molar-refractivity contribution in [3.63, 3.8) is 0 Å². The average molecular weight is 263 g/mol. The molecular formula is C13H17N3O3. The zero-order chi connectivity index (χ0) is 14.0. The maximum atomic E-state index is 12.4. The smallest absolute Gasteiger partial charge is 0.270 e. The monoisotopic (exact) mass is 263 g/mol. The topological polar surface area (TPSA) is 89.5 Å². The van der Waals surface area contributed by atoms with Crippen molar-refractivity contribution in [1.82, 2.24) is 4.90 Å². The van der Waals surface area contributed by atoms with Crippen LogP contribution < -0.4 is 5.73 Å². The third-order valence-corrected chi connectivity index (χ3v) is 3.41. The lowest BCUT2D eigenvalue weighted by Crippen LogP contribution is -2.45. The van der Waals surface area contributed by atoms with Gasteiger partial charge in [-0.15, -0.1) is 0 Å². The summed E-state index contributed by atoms with van der Waals surface area (Å²) in [7, 11) is 0. The van der Waals surface area contributed by atoms with E-state index in [0.29, 0.717) is 18.7 Å². The maximum absolute atomic E-state index is 12.4. The summed E-state index contributed by atoms with van der Waals surface area (Å²) in [6, 6.07) is 4.36. The van der Waals surface area contributed by atoms with Gasteiger partial charge in [0.2, 0.25) is 0 Å². The molecule has 6 nitrogen and oxygen atoms in total. The van der Waals surface area contributed by atoms with E-state index in [0.717, 1.165) is 18.4 Å². The van der Waals surface area contributed by atoms with Crippen molar-refractivity contribution >= 4 is 11.6 Å². The number of piperidine rings is 1. The van der Waals surface area contributed by atoms with E-state index in [1.165, 1.54) is 12.1 Å². The van der Waals surface area contributed by atoms with Crippen LogP contribution in [0.2, 0.25) is 0 Å². The number of non-ortho nitro benzene ring substituents is 1. The van der Waals surface area contributed by atoms with Gasteiger partial charge < -0.3 is 10.6 Å². The highest BCUT2D eigenvalue weighted by Gasteiger charge is 2.24. The third-order valence-electron chi connectivity index (χ3n) is 3.41. The highest BCUT2D eigenvalue weighted by molar-refractivity contribution is 5.96. The van der Waals surface area contributed by atoms with Crippen LogP contribution in [0.3, 0.4) is 0 Å². The second-order valence-corrected chi connectivity index (χ2v) is 4.91. The van der Waals surface area contributed by atoms with Crippen LogP contribution in [0.1, 0.15) is 28.8 Å². The molecule has 1 heterocycles. The van der Waals surface area contributed by atoms with Crippen LogP contribution in [0.15, 0.2) is 18.2 Å².